The van der Waals surface area contributed by atoms with Crippen LogP contribution in [-0.2, 0) is 4.79 Å². The molecule has 0 spiro atoms. The Morgan fingerprint density at radius 3 is 2.12 bits per heavy atom. The van der Waals surface area contributed by atoms with Crippen LogP contribution in [-0.4, -0.2) is 18.5 Å². The van der Waals surface area contributed by atoms with Crippen molar-refractivity contribution >= 4 is 11.9 Å². The second-order valence-corrected chi connectivity index (χ2v) is 11.7. The van der Waals surface area contributed by atoms with E-state index in [2.05, 4.69) is 20.4 Å². The highest BCUT2D eigenvalue weighted by Gasteiger charge is 2.27. The summed E-state index contributed by atoms with van der Waals surface area (Å²) in [6.07, 6.45) is 18.1. The molecule has 5 heteroatoms. The smallest absolute Gasteiger partial charge is 0.343 e. The first-order valence-corrected chi connectivity index (χ1v) is 15.9. The van der Waals surface area contributed by atoms with Gasteiger partial charge in [0.2, 0.25) is 0 Å². The monoisotopic (exact) mass is 562 g/mol. The van der Waals surface area contributed by atoms with Crippen LogP contribution in [0.4, 0.5) is 0 Å². The molecule has 224 valence electrons. The molecule has 1 aliphatic carbocycles. The number of hydrogen-bond acceptors (Lipinski definition) is 5. The van der Waals surface area contributed by atoms with Crippen LogP contribution >= 0.6 is 0 Å². The molecule has 41 heavy (non-hydrogen) atoms. The Balaban J connectivity index is 1.34. The highest BCUT2D eigenvalue weighted by molar-refractivity contribution is 5.91. The van der Waals surface area contributed by atoms with Crippen molar-refractivity contribution in [1.29, 1.82) is 0 Å². The third-order valence-electron chi connectivity index (χ3n) is 8.35. The van der Waals surface area contributed by atoms with Gasteiger partial charge in [0.25, 0.3) is 0 Å². The number of allylic oxidation sites excluding steroid dienone is 1. The Labute approximate surface area is 247 Å². The molecular formula is C36H50O5. The van der Waals surface area contributed by atoms with Crippen LogP contribution in [0.1, 0.15) is 114 Å². The van der Waals surface area contributed by atoms with Crippen LogP contribution in [0.25, 0.3) is 0 Å². The zero-order valence-corrected chi connectivity index (χ0v) is 25.3. The quantitative estimate of drug-likeness (QED) is 0.0783. The summed E-state index contributed by atoms with van der Waals surface area (Å²) >= 11 is 0. The van der Waals surface area contributed by atoms with Crippen molar-refractivity contribution < 1.29 is 23.8 Å². The molecule has 0 aromatic heterocycles. The van der Waals surface area contributed by atoms with Gasteiger partial charge in [-0.1, -0.05) is 64.9 Å². The van der Waals surface area contributed by atoms with Gasteiger partial charge in [-0.15, -0.1) is 6.58 Å². The van der Waals surface area contributed by atoms with Crippen molar-refractivity contribution in [2.24, 2.45) is 17.8 Å². The number of rotatable bonds is 18. The van der Waals surface area contributed by atoms with Crippen LogP contribution in [0.15, 0.2) is 61.2 Å². The molecule has 0 heterocycles. The lowest BCUT2D eigenvalue weighted by atomic mass is 9.80. The summed E-state index contributed by atoms with van der Waals surface area (Å²) in [6.45, 7) is 9.00. The van der Waals surface area contributed by atoms with E-state index in [0.717, 1.165) is 56.1 Å². The summed E-state index contributed by atoms with van der Waals surface area (Å²) in [5.74, 6) is 2.52. The van der Waals surface area contributed by atoms with Crippen molar-refractivity contribution in [2.45, 2.75) is 104 Å². The van der Waals surface area contributed by atoms with Crippen molar-refractivity contribution in [1.82, 2.24) is 0 Å². The summed E-state index contributed by atoms with van der Waals surface area (Å²) < 4.78 is 17.0. The average Bonchev–Trinajstić information content (AvgIpc) is 3.00. The Bertz CT molecular complexity index is 1030. The molecule has 1 fully saturated rings. The number of esters is 2. The predicted molar refractivity (Wildman–Crippen MR) is 166 cm³/mol. The van der Waals surface area contributed by atoms with Gasteiger partial charge < -0.3 is 14.2 Å². The summed E-state index contributed by atoms with van der Waals surface area (Å²) in [5.41, 5.74) is 0.453. The molecule has 0 bridgehead atoms. The average molecular weight is 563 g/mol. The summed E-state index contributed by atoms with van der Waals surface area (Å²) in [4.78, 5) is 25.3. The zero-order chi connectivity index (χ0) is 29.3. The van der Waals surface area contributed by atoms with Crippen LogP contribution in [0, 0.1) is 17.8 Å². The number of carbonyl (C=O) groups excluding carboxylic acids is 2. The molecule has 1 atom stereocenters. The number of ether oxygens (including phenoxy) is 3. The van der Waals surface area contributed by atoms with Gasteiger partial charge >= 0.3 is 11.9 Å². The maximum atomic E-state index is 12.7. The number of benzene rings is 2. The largest absolute Gasteiger partial charge is 0.494 e. The molecule has 2 aromatic carbocycles. The minimum Gasteiger partial charge on any atom is -0.494 e. The molecule has 0 unspecified atom stereocenters. The van der Waals surface area contributed by atoms with E-state index >= 15 is 0 Å². The number of unbranched alkanes of at least 4 members (excludes halogenated alkanes) is 5. The fourth-order valence-corrected chi connectivity index (χ4v) is 5.38. The molecule has 0 radical (unpaired) electrons. The van der Waals surface area contributed by atoms with Gasteiger partial charge in [-0.3, -0.25) is 4.79 Å². The topological polar surface area (TPSA) is 61.8 Å². The SMILES string of the molecule is C=CCCCCC[C@H]1CC[C@H](C(=O)Oc2ccc(OC(=O)c3ccc(OCCCCC[C@@H](C)CC)cc3)cc2)CC1. The molecule has 0 N–H and O–H groups in total. The van der Waals surface area contributed by atoms with E-state index in [1.807, 2.05) is 6.08 Å². The summed E-state index contributed by atoms with van der Waals surface area (Å²) in [6, 6.07) is 13.7. The van der Waals surface area contributed by atoms with Gasteiger partial charge in [-0.2, -0.15) is 0 Å². The highest BCUT2D eigenvalue weighted by Crippen LogP contribution is 2.33. The Morgan fingerprint density at radius 1 is 0.829 bits per heavy atom. The third-order valence-corrected chi connectivity index (χ3v) is 8.35. The van der Waals surface area contributed by atoms with E-state index in [1.165, 1.54) is 51.4 Å². The molecule has 2 aromatic rings. The van der Waals surface area contributed by atoms with Gasteiger partial charge in [-0.05, 0) is 105 Å². The summed E-state index contributed by atoms with van der Waals surface area (Å²) in [5, 5.41) is 0. The van der Waals surface area contributed by atoms with Gasteiger partial charge in [0, 0.05) is 0 Å². The van der Waals surface area contributed by atoms with Crippen molar-refractivity contribution in [3.8, 4) is 17.2 Å². The fraction of sp³-hybridized carbons (Fsp3) is 0.556. The molecule has 3 rings (SSSR count). The zero-order valence-electron chi connectivity index (χ0n) is 25.3. The Hall–Kier alpha value is -3.08. The second-order valence-electron chi connectivity index (χ2n) is 11.7. The minimum atomic E-state index is -0.441. The standard InChI is InChI=1S/C36H50O5/c1-4-6-7-8-11-14-29-15-17-30(18-16-29)35(37)40-33-23-25-34(26-24-33)41-36(38)31-19-21-32(22-20-31)39-27-12-9-10-13-28(3)5-2/h4,19-26,28-30H,1,5-18,27H2,2-3H3/t28-,29-,30-/m0/s1. The number of carbonyl (C=O) groups is 2. The maximum absolute atomic E-state index is 12.7. The first-order valence-electron chi connectivity index (χ1n) is 15.9. The summed E-state index contributed by atoms with van der Waals surface area (Å²) in [7, 11) is 0. The second kappa shape index (κ2) is 18.4. The van der Waals surface area contributed by atoms with Crippen LogP contribution in [0.2, 0.25) is 0 Å². The first-order chi connectivity index (χ1) is 20.0. The van der Waals surface area contributed by atoms with Gasteiger partial charge in [-0.25, -0.2) is 4.79 Å². The highest BCUT2D eigenvalue weighted by atomic mass is 16.5. The van der Waals surface area contributed by atoms with E-state index < -0.39 is 5.97 Å². The lowest BCUT2D eigenvalue weighted by molar-refractivity contribution is -0.140. The molecule has 0 aliphatic heterocycles. The van der Waals surface area contributed by atoms with Crippen molar-refractivity contribution in [2.75, 3.05) is 6.61 Å². The van der Waals surface area contributed by atoms with Crippen LogP contribution in [0.3, 0.4) is 0 Å². The molecule has 0 saturated heterocycles. The lowest BCUT2D eigenvalue weighted by Gasteiger charge is -2.27. The van der Waals surface area contributed by atoms with Crippen LogP contribution in [0.5, 0.6) is 17.2 Å². The van der Waals surface area contributed by atoms with Gasteiger partial charge in [0.1, 0.15) is 17.2 Å². The Kier molecular flexibility index (Phi) is 14.5. The molecular weight excluding hydrogens is 512 g/mol. The Morgan fingerprint density at radius 2 is 1.46 bits per heavy atom. The molecule has 5 nitrogen and oxygen atoms in total. The van der Waals surface area contributed by atoms with E-state index in [4.69, 9.17) is 14.2 Å². The molecule has 1 aliphatic rings. The van der Waals surface area contributed by atoms with E-state index in [-0.39, 0.29) is 11.9 Å². The minimum absolute atomic E-state index is 0.0360. The maximum Gasteiger partial charge on any atom is 0.343 e. The van der Waals surface area contributed by atoms with E-state index in [9.17, 15) is 9.59 Å². The normalized spacial score (nSPS) is 17.4. The van der Waals surface area contributed by atoms with Gasteiger partial charge in [0.05, 0.1) is 18.1 Å². The molecule has 1 saturated carbocycles. The van der Waals surface area contributed by atoms with E-state index in [1.54, 1.807) is 48.5 Å². The molecule has 0 amide bonds. The van der Waals surface area contributed by atoms with Crippen LogP contribution < -0.4 is 14.2 Å². The van der Waals surface area contributed by atoms with E-state index in [0.29, 0.717) is 23.7 Å². The lowest BCUT2D eigenvalue weighted by Crippen LogP contribution is -2.25. The first kappa shape index (κ1) is 32.4. The van der Waals surface area contributed by atoms with Gasteiger partial charge in [0.15, 0.2) is 0 Å². The van der Waals surface area contributed by atoms with Crippen molar-refractivity contribution in [3.05, 3.63) is 66.7 Å². The predicted octanol–water partition coefficient (Wildman–Crippen LogP) is 9.74. The number of hydrogen-bond donors (Lipinski definition) is 0. The third kappa shape index (κ3) is 12.1. The fourth-order valence-electron chi connectivity index (χ4n) is 5.38. The van der Waals surface area contributed by atoms with Crippen molar-refractivity contribution in [3.63, 3.8) is 0 Å².